The van der Waals surface area contributed by atoms with Crippen LogP contribution in [0.3, 0.4) is 0 Å². The summed E-state index contributed by atoms with van der Waals surface area (Å²) in [4.78, 5) is 24.9. The number of aromatic nitrogens is 1. The maximum atomic E-state index is 12.7. The average Bonchev–Trinajstić information content (AvgIpc) is 2.93. The number of hydrogen-bond acceptors (Lipinski definition) is 4. The monoisotopic (exact) mass is 398 g/mol. The van der Waals surface area contributed by atoms with Crippen molar-refractivity contribution in [3.63, 3.8) is 0 Å². The highest BCUT2D eigenvalue weighted by molar-refractivity contribution is 7.16. The first-order valence-corrected chi connectivity index (χ1v) is 10.3. The second kappa shape index (κ2) is 8.19. The van der Waals surface area contributed by atoms with E-state index in [2.05, 4.69) is 11.4 Å². The smallest absolute Gasteiger partial charge is 0.308 e. The van der Waals surface area contributed by atoms with Gasteiger partial charge in [-0.1, -0.05) is 24.3 Å². The Morgan fingerprint density at radius 2 is 1.82 bits per heavy atom. The quantitative estimate of drug-likeness (QED) is 0.631. The van der Waals surface area contributed by atoms with Gasteiger partial charge in [0.1, 0.15) is 5.75 Å². The Morgan fingerprint density at radius 3 is 2.43 bits per heavy atom. The molecule has 1 amide bonds. The molecule has 0 bridgehead atoms. The first-order valence-electron chi connectivity index (χ1n) is 9.49. The van der Waals surface area contributed by atoms with Crippen molar-refractivity contribution in [1.29, 1.82) is 0 Å². The van der Waals surface area contributed by atoms with Gasteiger partial charge in [-0.25, -0.2) is 0 Å². The molecule has 28 heavy (non-hydrogen) atoms. The van der Waals surface area contributed by atoms with Crippen molar-refractivity contribution in [2.45, 2.75) is 53.2 Å². The van der Waals surface area contributed by atoms with Crippen molar-refractivity contribution in [3.05, 3.63) is 57.2 Å². The fraction of sp³-hybridized carbons (Fsp3) is 0.364. The predicted octanol–water partition coefficient (Wildman–Crippen LogP) is 5.06. The molecular formula is C22H26N2O3S. The van der Waals surface area contributed by atoms with E-state index >= 15 is 0 Å². The number of fused-ring (bicyclic) bond motifs is 1. The molecule has 3 rings (SSSR count). The molecule has 0 saturated carbocycles. The summed E-state index contributed by atoms with van der Waals surface area (Å²) >= 11 is 1.19. The van der Waals surface area contributed by atoms with Crippen LogP contribution in [0.5, 0.6) is 5.75 Å². The number of benzene rings is 2. The summed E-state index contributed by atoms with van der Waals surface area (Å²) in [5, 5.41) is 2.92. The van der Waals surface area contributed by atoms with E-state index in [-0.39, 0.29) is 16.8 Å². The molecule has 0 saturated heterocycles. The topological polar surface area (TPSA) is 60.3 Å². The lowest BCUT2D eigenvalue weighted by atomic mass is 10.1. The highest BCUT2D eigenvalue weighted by Crippen LogP contribution is 2.25. The van der Waals surface area contributed by atoms with Gasteiger partial charge in [-0.05, 0) is 75.6 Å². The van der Waals surface area contributed by atoms with Gasteiger partial charge in [-0.2, -0.15) is 0 Å². The van der Waals surface area contributed by atoms with Gasteiger partial charge in [0, 0.05) is 11.7 Å². The van der Waals surface area contributed by atoms with Gasteiger partial charge in [0.25, 0.3) is 5.91 Å². The number of aryl methyl sites for hydroxylation is 2. The van der Waals surface area contributed by atoms with E-state index < -0.39 is 6.10 Å². The lowest BCUT2D eigenvalue weighted by molar-refractivity contribution is -0.122. The summed E-state index contributed by atoms with van der Waals surface area (Å²) in [5.41, 5.74) is 3.75. The maximum Gasteiger partial charge on any atom is 0.308 e. The molecule has 3 aromatic rings. The van der Waals surface area contributed by atoms with Gasteiger partial charge in [0.05, 0.1) is 10.2 Å². The molecule has 6 heteroatoms. The van der Waals surface area contributed by atoms with Crippen molar-refractivity contribution >= 4 is 33.1 Å². The minimum Gasteiger partial charge on any atom is -0.481 e. The average molecular weight is 399 g/mol. The first-order chi connectivity index (χ1) is 13.3. The number of ether oxygens (including phenoxy) is 1. The number of nitrogens with one attached hydrogen (secondary N) is 1. The Hall–Kier alpha value is -2.60. The van der Waals surface area contributed by atoms with Crippen molar-refractivity contribution < 1.29 is 9.53 Å². The molecule has 0 unspecified atom stereocenters. The van der Waals surface area contributed by atoms with Gasteiger partial charge in [0.15, 0.2) is 6.10 Å². The zero-order valence-electron chi connectivity index (χ0n) is 16.9. The fourth-order valence-electron chi connectivity index (χ4n) is 3.31. The number of carbonyl (C=O) groups excluding carboxylic acids is 1. The number of nitrogens with zero attached hydrogens (tertiary/aromatic N) is 1. The minimum atomic E-state index is -0.587. The van der Waals surface area contributed by atoms with Crippen molar-refractivity contribution in [2.24, 2.45) is 0 Å². The van der Waals surface area contributed by atoms with Gasteiger partial charge in [-0.15, -0.1) is 0 Å². The van der Waals surface area contributed by atoms with Crippen LogP contribution in [0.4, 0.5) is 5.69 Å². The van der Waals surface area contributed by atoms with E-state index in [1.54, 1.807) is 4.57 Å². The minimum absolute atomic E-state index is 0.0121. The molecule has 0 spiro atoms. The highest BCUT2D eigenvalue weighted by atomic mass is 32.1. The standard InChI is InChI=1S/C22H26N2O3S/c1-6-19(27-17-10-14(4)9-15(5)11-17)21(25)23-16-7-8-18-20(12-16)28-22(26)24(18)13(2)3/h7-13,19H,6H2,1-5H3,(H,23,25)/t19-/m1/s1. The molecule has 5 nitrogen and oxygen atoms in total. The van der Waals surface area contributed by atoms with Crippen LogP contribution < -0.4 is 14.9 Å². The number of anilines is 1. The van der Waals surface area contributed by atoms with Gasteiger partial charge in [0.2, 0.25) is 0 Å². The summed E-state index contributed by atoms with van der Waals surface area (Å²) in [6.07, 6.45) is -0.0334. The van der Waals surface area contributed by atoms with E-state index in [9.17, 15) is 9.59 Å². The number of thiazole rings is 1. The van der Waals surface area contributed by atoms with Gasteiger partial charge in [-0.3, -0.25) is 14.2 Å². The molecule has 0 fully saturated rings. The second-order valence-corrected chi connectivity index (χ2v) is 8.33. The number of hydrogen-bond donors (Lipinski definition) is 1. The molecule has 1 aromatic heterocycles. The van der Waals surface area contributed by atoms with Crippen molar-refractivity contribution in [3.8, 4) is 5.75 Å². The van der Waals surface area contributed by atoms with Crippen molar-refractivity contribution in [1.82, 2.24) is 4.57 Å². The molecule has 0 aliphatic rings. The van der Waals surface area contributed by atoms with Crippen LogP contribution in [0, 0.1) is 13.8 Å². The summed E-state index contributed by atoms with van der Waals surface area (Å²) < 4.78 is 8.57. The van der Waals surface area contributed by atoms with E-state index in [0.717, 1.165) is 21.3 Å². The fourth-order valence-corrected chi connectivity index (χ4v) is 4.37. The molecule has 0 aliphatic heterocycles. The van der Waals surface area contributed by atoms with Crippen LogP contribution in [0.25, 0.3) is 10.2 Å². The van der Waals surface area contributed by atoms with Crippen LogP contribution in [-0.2, 0) is 4.79 Å². The highest BCUT2D eigenvalue weighted by Gasteiger charge is 2.19. The third-order valence-electron chi connectivity index (χ3n) is 4.53. The number of amides is 1. The first kappa shape index (κ1) is 20.1. The zero-order valence-corrected chi connectivity index (χ0v) is 17.7. The molecule has 2 aromatic carbocycles. The van der Waals surface area contributed by atoms with E-state index in [0.29, 0.717) is 17.9 Å². The summed E-state index contributed by atoms with van der Waals surface area (Å²) in [7, 11) is 0. The van der Waals surface area contributed by atoms with Crippen molar-refractivity contribution in [2.75, 3.05) is 5.32 Å². The molecule has 148 valence electrons. The summed E-state index contributed by atoms with van der Waals surface area (Å²) in [6, 6.07) is 11.6. The zero-order chi connectivity index (χ0) is 20.4. The van der Waals surface area contributed by atoms with Crippen LogP contribution in [-0.4, -0.2) is 16.6 Å². The third-order valence-corrected chi connectivity index (χ3v) is 5.45. The Balaban J connectivity index is 1.79. The Labute approximate surface area is 169 Å². The Morgan fingerprint density at radius 1 is 1.14 bits per heavy atom. The van der Waals surface area contributed by atoms with Crippen LogP contribution in [0.2, 0.25) is 0 Å². The molecule has 1 N–H and O–H groups in total. The van der Waals surface area contributed by atoms with Crippen LogP contribution in [0.1, 0.15) is 44.4 Å². The second-order valence-electron chi connectivity index (χ2n) is 7.34. The van der Waals surface area contributed by atoms with Gasteiger partial charge >= 0.3 is 4.87 Å². The lowest BCUT2D eigenvalue weighted by Crippen LogP contribution is -2.32. The molecular weight excluding hydrogens is 372 g/mol. The molecule has 0 aliphatic carbocycles. The normalized spacial score (nSPS) is 12.4. The van der Waals surface area contributed by atoms with Crippen LogP contribution in [0.15, 0.2) is 41.2 Å². The van der Waals surface area contributed by atoms with Gasteiger partial charge < -0.3 is 10.1 Å². The molecule has 1 heterocycles. The molecule has 0 radical (unpaired) electrons. The lowest BCUT2D eigenvalue weighted by Gasteiger charge is -2.18. The summed E-state index contributed by atoms with van der Waals surface area (Å²) in [6.45, 7) is 9.90. The van der Waals surface area contributed by atoms with E-state index in [4.69, 9.17) is 4.74 Å². The predicted molar refractivity (Wildman–Crippen MR) is 116 cm³/mol. The number of rotatable bonds is 6. The SMILES string of the molecule is CC[C@@H](Oc1cc(C)cc(C)c1)C(=O)Nc1ccc2c(c1)sc(=O)n2C(C)C. The van der Waals surface area contributed by atoms with E-state index in [1.165, 1.54) is 11.3 Å². The van der Waals surface area contributed by atoms with E-state index in [1.807, 2.05) is 65.0 Å². The largest absolute Gasteiger partial charge is 0.481 e. The number of carbonyl (C=O) groups is 1. The summed E-state index contributed by atoms with van der Waals surface area (Å²) in [5.74, 6) is 0.499. The Kier molecular flexibility index (Phi) is 5.89. The molecule has 1 atom stereocenters. The Bertz CT molecular complexity index is 1050. The third kappa shape index (κ3) is 4.28. The van der Waals surface area contributed by atoms with Crippen LogP contribution >= 0.6 is 11.3 Å². The maximum absolute atomic E-state index is 12.7.